The van der Waals surface area contributed by atoms with Crippen LogP contribution in [-0.4, -0.2) is 0 Å². The third-order valence-electron chi connectivity index (χ3n) is 16.0. The number of anilines is 3. The van der Waals surface area contributed by atoms with E-state index in [0.29, 0.717) is 0 Å². The molecule has 11 aromatic carbocycles. The number of furan rings is 1. The minimum absolute atomic E-state index is 0.511. The van der Waals surface area contributed by atoms with Gasteiger partial charge in [-0.15, -0.1) is 0 Å². The van der Waals surface area contributed by atoms with E-state index in [0.717, 1.165) is 50.1 Å². The maximum Gasteiger partial charge on any atom is 0.135 e. The molecule has 0 saturated heterocycles. The maximum atomic E-state index is 6.26. The molecule has 0 amide bonds. The van der Waals surface area contributed by atoms with Gasteiger partial charge in [0, 0.05) is 47.3 Å². The molecule has 0 N–H and O–H groups in total. The van der Waals surface area contributed by atoms with E-state index in [2.05, 4.69) is 241 Å². The third kappa shape index (κ3) is 5.33. The maximum absolute atomic E-state index is 6.26. The SMILES string of the molecule is c1ccc2c(c1)Sc1ccccc1C21c2ccccc2-c2ccc(N(c3ccc(-c4ccc5oc6ccccc6c5c4)cc3)c3cccc4c3-c3ccccc3C43c4ccccc4Sc4ccccc43)cc21. The number of rotatable bonds is 4. The summed E-state index contributed by atoms with van der Waals surface area (Å²) in [7, 11) is 0. The second-order valence-electron chi connectivity index (χ2n) is 19.4. The molecule has 0 radical (unpaired) electrons. The lowest BCUT2D eigenvalue weighted by Crippen LogP contribution is -2.32. The van der Waals surface area contributed by atoms with Gasteiger partial charge in [0.1, 0.15) is 11.2 Å². The summed E-state index contributed by atoms with van der Waals surface area (Å²) >= 11 is 3.78. The highest BCUT2D eigenvalue weighted by Gasteiger charge is 2.52. The van der Waals surface area contributed by atoms with Gasteiger partial charge in [-0.1, -0.05) is 199 Å². The van der Waals surface area contributed by atoms with Crippen LogP contribution in [0, 0.1) is 0 Å². The Kier molecular flexibility index (Phi) is 8.49. The van der Waals surface area contributed by atoms with Crippen molar-refractivity contribution in [1.29, 1.82) is 0 Å². The van der Waals surface area contributed by atoms with Crippen molar-refractivity contribution in [1.82, 2.24) is 0 Å². The number of nitrogens with zero attached hydrogens (tertiary/aromatic N) is 1. The highest BCUT2D eigenvalue weighted by Crippen LogP contribution is 2.66. The number of fused-ring (bicyclic) bond motifs is 21. The average molecular weight is 952 g/mol. The molecule has 0 saturated carbocycles. The quantitative estimate of drug-likeness (QED) is 0.175. The van der Waals surface area contributed by atoms with Crippen LogP contribution < -0.4 is 4.90 Å². The van der Waals surface area contributed by atoms with Crippen LogP contribution in [0.25, 0.3) is 55.3 Å². The first-order chi connectivity index (χ1) is 35.7. The van der Waals surface area contributed by atoms with Crippen molar-refractivity contribution in [3.8, 4) is 33.4 Å². The Balaban J connectivity index is 0.963. The van der Waals surface area contributed by atoms with Crippen LogP contribution in [0.5, 0.6) is 0 Å². The molecule has 72 heavy (non-hydrogen) atoms. The first-order valence-electron chi connectivity index (χ1n) is 24.7. The fourth-order valence-electron chi connectivity index (χ4n) is 13.2. The van der Waals surface area contributed by atoms with Crippen LogP contribution in [0.2, 0.25) is 0 Å². The predicted octanol–water partition coefficient (Wildman–Crippen LogP) is 18.4. The van der Waals surface area contributed by atoms with E-state index < -0.39 is 10.8 Å². The molecule has 16 rings (SSSR count). The average Bonchev–Trinajstić information content (AvgIpc) is 4.06. The van der Waals surface area contributed by atoms with Crippen molar-refractivity contribution in [2.75, 3.05) is 4.90 Å². The van der Waals surface area contributed by atoms with E-state index in [1.165, 1.54) is 86.3 Å². The molecule has 1 aromatic heterocycles. The molecule has 0 bridgehead atoms. The van der Waals surface area contributed by atoms with Crippen molar-refractivity contribution in [2.24, 2.45) is 0 Å². The molecule has 0 fully saturated rings. The molecule has 0 atom stereocenters. The molecule has 0 unspecified atom stereocenters. The zero-order chi connectivity index (χ0) is 47.1. The third-order valence-corrected chi connectivity index (χ3v) is 18.3. The van der Waals surface area contributed by atoms with Gasteiger partial charge in [-0.3, -0.25) is 0 Å². The lowest BCUT2D eigenvalue weighted by atomic mass is 9.67. The molecule has 2 aliphatic heterocycles. The largest absolute Gasteiger partial charge is 0.456 e. The summed E-state index contributed by atoms with van der Waals surface area (Å²) in [6.45, 7) is 0. The Labute approximate surface area is 426 Å². The zero-order valence-electron chi connectivity index (χ0n) is 38.8. The van der Waals surface area contributed by atoms with Crippen LogP contribution in [0.4, 0.5) is 17.1 Å². The minimum atomic E-state index is -0.520. The molecule has 3 heterocycles. The standard InChI is InChI=1S/C68H41NOS2/c1-4-19-51-46(16-1)47-38-37-45(41-58(47)68(51)55-23-8-13-30-64(55)72-65-31-14-9-24-56(65)68)69(44-35-32-42(33-36-44)43-34-39-61-50(40-43)48-17-3-10-27-60(48)70-61)59-26-15-25-57-66(59)49-18-2-5-20-52(49)67(57)53-21-6-11-28-62(53)71-63-29-12-7-22-54(63)67/h1-41H. The van der Waals surface area contributed by atoms with Crippen LogP contribution in [0.15, 0.2) is 273 Å². The fourth-order valence-corrected chi connectivity index (χ4v) is 15.6. The molecule has 4 aliphatic rings. The first kappa shape index (κ1) is 40.4. The van der Waals surface area contributed by atoms with Gasteiger partial charge >= 0.3 is 0 Å². The van der Waals surface area contributed by atoms with Gasteiger partial charge in [-0.25, -0.2) is 0 Å². The summed E-state index contributed by atoms with van der Waals surface area (Å²) in [4.78, 5) is 7.74. The van der Waals surface area contributed by atoms with Crippen LogP contribution >= 0.6 is 23.5 Å². The lowest BCUT2D eigenvalue weighted by molar-refractivity contribution is 0.669. The van der Waals surface area contributed by atoms with Crippen molar-refractivity contribution in [2.45, 2.75) is 30.4 Å². The Hall–Kier alpha value is -8.28. The minimum Gasteiger partial charge on any atom is -0.456 e. The molecular formula is C68H41NOS2. The predicted molar refractivity (Wildman–Crippen MR) is 297 cm³/mol. The monoisotopic (exact) mass is 951 g/mol. The Morgan fingerprint density at radius 1 is 0.306 bits per heavy atom. The molecule has 336 valence electrons. The summed E-state index contributed by atoms with van der Waals surface area (Å²) in [5.41, 5.74) is 22.1. The van der Waals surface area contributed by atoms with Crippen LogP contribution in [0.3, 0.4) is 0 Å². The van der Waals surface area contributed by atoms with Gasteiger partial charge in [0.05, 0.1) is 16.5 Å². The Morgan fingerprint density at radius 2 is 0.778 bits per heavy atom. The van der Waals surface area contributed by atoms with Crippen LogP contribution in [-0.2, 0) is 10.8 Å². The molecule has 2 nitrogen and oxygen atoms in total. The van der Waals surface area contributed by atoms with Gasteiger partial charge in [0.15, 0.2) is 0 Å². The molecular weight excluding hydrogens is 911 g/mol. The summed E-state index contributed by atoms with van der Waals surface area (Å²) in [6, 6.07) is 93.2. The lowest BCUT2D eigenvalue weighted by Gasteiger charge is -2.40. The smallest absolute Gasteiger partial charge is 0.135 e. The molecule has 12 aromatic rings. The summed E-state index contributed by atoms with van der Waals surface area (Å²) in [5.74, 6) is 0. The van der Waals surface area contributed by atoms with Gasteiger partial charge in [-0.2, -0.15) is 0 Å². The second kappa shape index (κ2) is 15.1. The summed E-state index contributed by atoms with van der Waals surface area (Å²) in [5, 5.41) is 2.26. The second-order valence-corrected chi connectivity index (χ2v) is 21.6. The topological polar surface area (TPSA) is 16.4 Å². The van der Waals surface area contributed by atoms with Crippen molar-refractivity contribution >= 4 is 62.5 Å². The number of hydrogen-bond acceptors (Lipinski definition) is 4. The van der Waals surface area contributed by atoms with E-state index in [-0.39, 0.29) is 0 Å². The van der Waals surface area contributed by atoms with Gasteiger partial charge in [0.25, 0.3) is 0 Å². The number of hydrogen-bond donors (Lipinski definition) is 0. The normalized spacial score (nSPS) is 14.5. The fraction of sp³-hybridized carbons (Fsp3) is 0.0294. The van der Waals surface area contributed by atoms with Crippen molar-refractivity contribution in [3.05, 3.63) is 293 Å². The van der Waals surface area contributed by atoms with Crippen LogP contribution in [0.1, 0.15) is 44.5 Å². The Bertz CT molecular complexity index is 4170. The van der Waals surface area contributed by atoms with E-state index in [9.17, 15) is 0 Å². The molecule has 2 aliphatic carbocycles. The molecule has 4 heteroatoms. The summed E-state index contributed by atoms with van der Waals surface area (Å²) < 4.78 is 6.26. The number of para-hydroxylation sites is 1. The molecule has 2 spiro atoms. The van der Waals surface area contributed by atoms with E-state index in [4.69, 9.17) is 4.42 Å². The van der Waals surface area contributed by atoms with Crippen molar-refractivity contribution < 1.29 is 4.42 Å². The van der Waals surface area contributed by atoms with E-state index in [1.807, 2.05) is 35.7 Å². The Morgan fingerprint density at radius 3 is 1.43 bits per heavy atom. The highest BCUT2D eigenvalue weighted by atomic mass is 32.2. The number of benzene rings is 11. The zero-order valence-corrected chi connectivity index (χ0v) is 40.5. The van der Waals surface area contributed by atoms with E-state index in [1.54, 1.807) is 0 Å². The summed E-state index contributed by atoms with van der Waals surface area (Å²) in [6.07, 6.45) is 0. The van der Waals surface area contributed by atoms with E-state index >= 15 is 0 Å². The van der Waals surface area contributed by atoms with Gasteiger partial charge in [-0.05, 0) is 145 Å². The first-order valence-corrected chi connectivity index (χ1v) is 26.4. The van der Waals surface area contributed by atoms with Gasteiger partial charge in [0.2, 0.25) is 0 Å². The highest BCUT2D eigenvalue weighted by molar-refractivity contribution is 7.99. The van der Waals surface area contributed by atoms with Gasteiger partial charge < -0.3 is 9.32 Å². The van der Waals surface area contributed by atoms with Crippen molar-refractivity contribution in [3.63, 3.8) is 0 Å².